The SMILES string of the molecule is N#Cc1cc(F)c(Oc2ccc(Cl)cc2Cl)c(F)c1. The van der Waals surface area contributed by atoms with Crippen LogP contribution in [-0.2, 0) is 0 Å². The van der Waals surface area contributed by atoms with Crippen molar-refractivity contribution in [2.45, 2.75) is 0 Å². The third kappa shape index (κ3) is 2.95. The molecule has 0 aliphatic rings. The fourth-order valence-corrected chi connectivity index (χ4v) is 1.84. The number of nitrogens with zero attached hydrogens (tertiary/aromatic N) is 1. The van der Waals surface area contributed by atoms with Crippen LogP contribution < -0.4 is 4.74 Å². The lowest BCUT2D eigenvalue weighted by Crippen LogP contribution is -1.94. The van der Waals surface area contributed by atoms with Crippen molar-refractivity contribution in [3.05, 3.63) is 57.6 Å². The van der Waals surface area contributed by atoms with E-state index < -0.39 is 17.4 Å². The van der Waals surface area contributed by atoms with Crippen LogP contribution in [0.2, 0.25) is 10.0 Å². The first-order valence-electron chi connectivity index (χ1n) is 5.03. The van der Waals surface area contributed by atoms with Gasteiger partial charge in [-0.1, -0.05) is 23.2 Å². The van der Waals surface area contributed by atoms with Crippen LogP contribution >= 0.6 is 23.2 Å². The number of hydrogen-bond acceptors (Lipinski definition) is 2. The maximum absolute atomic E-state index is 13.6. The molecule has 19 heavy (non-hydrogen) atoms. The monoisotopic (exact) mass is 299 g/mol. The van der Waals surface area contributed by atoms with Crippen LogP contribution in [-0.4, -0.2) is 0 Å². The third-order valence-electron chi connectivity index (χ3n) is 2.23. The third-order valence-corrected chi connectivity index (χ3v) is 2.76. The van der Waals surface area contributed by atoms with Crippen LogP contribution in [0.3, 0.4) is 0 Å². The van der Waals surface area contributed by atoms with Crippen molar-refractivity contribution in [3.63, 3.8) is 0 Å². The fourth-order valence-electron chi connectivity index (χ4n) is 1.39. The van der Waals surface area contributed by atoms with Crippen molar-refractivity contribution in [3.8, 4) is 17.6 Å². The van der Waals surface area contributed by atoms with Gasteiger partial charge in [-0.3, -0.25) is 0 Å². The fraction of sp³-hybridized carbons (Fsp3) is 0. The average molecular weight is 300 g/mol. The number of ether oxygens (including phenoxy) is 1. The highest BCUT2D eigenvalue weighted by molar-refractivity contribution is 6.35. The van der Waals surface area contributed by atoms with E-state index in [-0.39, 0.29) is 16.3 Å². The molecule has 2 aromatic rings. The maximum atomic E-state index is 13.6. The van der Waals surface area contributed by atoms with Gasteiger partial charge in [0.25, 0.3) is 0 Å². The van der Waals surface area contributed by atoms with Crippen molar-refractivity contribution in [1.29, 1.82) is 5.26 Å². The predicted molar refractivity (Wildman–Crippen MR) is 67.6 cm³/mol. The Bertz CT molecular complexity index is 660. The summed E-state index contributed by atoms with van der Waals surface area (Å²) in [6.45, 7) is 0. The molecular weight excluding hydrogens is 295 g/mol. The van der Waals surface area contributed by atoms with Gasteiger partial charge in [-0.2, -0.15) is 5.26 Å². The molecular formula is C13H5Cl2F2NO. The van der Waals surface area contributed by atoms with Gasteiger partial charge >= 0.3 is 0 Å². The molecule has 0 heterocycles. The Labute approximate surface area is 117 Å². The summed E-state index contributed by atoms with van der Waals surface area (Å²) in [5.74, 6) is -2.53. The number of rotatable bonds is 2. The standard InChI is InChI=1S/C13H5Cl2F2NO/c14-8-1-2-12(9(15)5-8)19-13-10(16)3-7(6-18)4-11(13)17/h1-5H. The lowest BCUT2D eigenvalue weighted by Gasteiger charge is -2.09. The second kappa shape index (κ2) is 5.43. The summed E-state index contributed by atoms with van der Waals surface area (Å²) in [6.07, 6.45) is 0. The van der Waals surface area contributed by atoms with Gasteiger partial charge in [0.05, 0.1) is 16.7 Å². The van der Waals surface area contributed by atoms with Crippen LogP contribution in [0.5, 0.6) is 11.5 Å². The molecule has 0 amide bonds. The molecule has 0 unspecified atom stereocenters. The summed E-state index contributed by atoms with van der Waals surface area (Å²) < 4.78 is 32.3. The number of nitriles is 1. The van der Waals surface area contributed by atoms with Gasteiger partial charge in [0.15, 0.2) is 17.4 Å². The lowest BCUT2D eigenvalue weighted by molar-refractivity contribution is 0.407. The van der Waals surface area contributed by atoms with Crippen LogP contribution in [0.4, 0.5) is 8.78 Å². The van der Waals surface area contributed by atoms with Crippen molar-refractivity contribution < 1.29 is 13.5 Å². The Morgan fingerprint density at radius 3 is 2.21 bits per heavy atom. The largest absolute Gasteiger partial charge is 0.450 e. The summed E-state index contributed by atoms with van der Waals surface area (Å²) in [4.78, 5) is 0. The summed E-state index contributed by atoms with van der Waals surface area (Å²) in [7, 11) is 0. The molecule has 2 aromatic carbocycles. The van der Waals surface area contributed by atoms with Crippen molar-refractivity contribution >= 4 is 23.2 Å². The van der Waals surface area contributed by atoms with Crippen molar-refractivity contribution in [1.82, 2.24) is 0 Å². The molecule has 0 spiro atoms. The minimum Gasteiger partial charge on any atom is -0.450 e. The first kappa shape index (κ1) is 13.6. The van der Waals surface area contributed by atoms with Gasteiger partial charge in [-0.05, 0) is 30.3 Å². The highest BCUT2D eigenvalue weighted by Gasteiger charge is 2.15. The van der Waals surface area contributed by atoms with E-state index in [2.05, 4.69) is 0 Å². The van der Waals surface area contributed by atoms with Gasteiger partial charge in [-0.15, -0.1) is 0 Å². The van der Waals surface area contributed by atoms with Gasteiger partial charge < -0.3 is 4.74 Å². The van der Waals surface area contributed by atoms with Crippen LogP contribution in [0.1, 0.15) is 5.56 Å². The van der Waals surface area contributed by atoms with Crippen molar-refractivity contribution in [2.75, 3.05) is 0 Å². The van der Waals surface area contributed by atoms with E-state index in [0.29, 0.717) is 5.02 Å². The second-order valence-electron chi connectivity index (χ2n) is 3.56. The summed E-state index contributed by atoms with van der Waals surface area (Å²) in [5, 5.41) is 9.08. The van der Waals surface area contributed by atoms with E-state index in [1.807, 2.05) is 0 Å². The molecule has 0 atom stereocenters. The highest BCUT2D eigenvalue weighted by Crippen LogP contribution is 2.34. The minimum absolute atomic E-state index is 0.0635. The molecule has 0 bridgehead atoms. The van der Waals surface area contributed by atoms with Gasteiger partial charge in [-0.25, -0.2) is 8.78 Å². The molecule has 0 saturated carbocycles. The van der Waals surface area contributed by atoms with Crippen LogP contribution in [0.25, 0.3) is 0 Å². The normalized spacial score (nSPS) is 10.1. The molecule has 0 saturated heterocycles. The van der Waals surface area contributed by atoms with E-state index in [0.717, 1.165) is 12.1 Å². The second-order valence-corrected chi connectivity index (χ2v) is 4.40. The molecule has 0 fully saturated rings. The first-order chi connectivity index (χ1) is 9.01. The number of halogens is 4. The van der Waals surface area contributed by atoms with Crippen molar-refractivity contribution in [2.24, 2.45) is 0 Å². The first-order valence-corrected chi connectivity index (χ1v) is 5.79. The summed E-state index contributed by atoms with van der Waals surface area (Å²) in [5.41, 5.74) is -0.135. The zero-order valence-electron chi connectivity index (χ0n) is 9.25. The molecule has 0 aliphatic heterocycles. The molecule has 96 valence electrons. The molecule has 0 radical (unpaired) electrons. The Hall–Kier alpha value is -1.83. The van der Waals surface area contributed by atoms with E-state index in [9.17, 15) is 8.78 Å². The summed E-state index contributed by atoms with van der Waals surface area (Å²) >= 11 is 11.5. The van der Waals surface area contributed by atoms with E-state index in [1.165, 1.54) is 18.2 Å². The molecule has 0 aromatic heterocycles. The zero-order valence-corrected chi connectivity index (χ0v) is 10.8. The molecule has 0 aliphatic carbocycles. The van der Waals surface area contributed by atoms with E-state index in [1.54, 1.807) is 6.07 Å². The number of benzene rings is 2. The quantitative estimate of drug-likeness (QED) is 0.787. The average Bonchev–Trinajstić information content (AvgIpc) is 2.35. The number of hydrogen-bond donors (Lipinski definition) is 0. The topological polar surface area (TPSA) is 33.0 Å². The Morgan fingerprint density at radius 2 is 1.68 bits per heavy atom. The van der Waals surface area contributed by atoms with Crippen LogP contribution in [0.15, 0.2) is 30.3 Å². The predicted octanol–water partition coefficient (Wildman–Crippen LogP) is 4.94. The Kier molecular flexibility index (Phi) is 3.89. The minimum atomic E-state index is -0.984. The maximum Gasteiger partial charge on any atom is 0.198 e. The molecule has 2 nitrogen and oxygen atoms in total. The van der Waals surface area contributed by atoms with Gasteiger partial charge in [0.1, 0.15) is 5.75 Å². The zero-order chi connectivity index (χ0) is 14.0. The smallest absolute Gasteiger partial charge is 0.198 e. The Balaban J connectivity index is 2.41. The summed E-state index contributed by atoms with van der Waals surface area (Å²) in [6, 6.07) is 7.65. The van der Waals surface area contributed by atoms with Gasteiger partial charge in [0.2, 0.25) is 0 Å². The highest BCUT2D eigenvalue weighted by atomic mass is 35.5. The lowest BCUT2D eigenvalue weighted by atomic mass is 10.2. The molecule has 2 rings (SSSR count). The molecule has 6 heteroatoms. The molecule has 0 N–H and O–H groups in total. The van der Waals surface area contributed by atoms with Crippen LogP contribution in [0, 0.1) is 23.0 Å². The van der Waals surface area contributed by atoms with E-state index in [4.69, 9.17) is 33.2 Å². The Morgan fingerprint density at radius 1 is 1.05 bits per heavy atom. The van der Waals surface area contributed by atoms with E-state index >= 15 is 0 Å². The van der Waals surface area contributed by atoms with Gasteiger partial charge in [0, 0.05) is 5.02 Å².